The van der Waals surface area contributed by atoms with Gasteiger partial charge in [0.15, 0.2) is 0 Å². The van der Waals surface area contributed by atoms with Gasteiger partial charge in [-0.2, -0.15) is 0 Å². The Kier molecular flexibility index (Phi) is 3.55. The van der Waals surface area contributed by atoms with Gasteiger partial charge < -0.3 is 4.74 Å². The summed E-state index contributed by atoms with van der Waals surface area (Å²) in [7, 11) is -2.13. The van der Waals surface area contributed by atoms with Crippen molar-refractivity contribution in [1.29, 1.82) is 0 Å². The molecule has 5 heteroatoms. The lowest BCUT2D eigenvalue weighted by molar-refractivity contribution is 0.396. The van der Waals surface area contributed by atoms with Crippen LogP contribution in [-0.2, 0) is 15.4 Å². The van der Waals surface area contributed by atoms with Crippen LogP contribution in [0.5, 0.6) is 5.75 Å². The van der Waals surface area contributed by atoms with Crippen molar-refractivity contribution in [3.05, 3.63) is 23.3 Å². The van der Waals surface area contributed by atoms with Crippen LogP contribution < -0.4 is 9.88 Å². The third-order valence-corrected chi connectivity index (χ3v) is 3.66. The van der Waals surface area contributed by atoms with Gasteiger partial charge in [0.1, 0.15) is 5.75 Å². The number of benzene rings is 1. The number of nitrogens with two attached hydrogens (primary N) is 1. The zero-order valence-electron chi connectivity index (χ0n) is 10.9. The van der Waals surface area contributed by atoms with Crippen LogP contribution in [0.2, 0.25) is 0 Å². The first-order valence-electron chi connectivity index (χ1n) is 5.29. The molecule has 96 valence electrons. The molecule has 0 saturated heterocycles. The highest BCUT2D eigenvalue weighted by atomic mass is 32.2. The second kappa shape index (κ2) is 4.31. The van der Waals surface area contributed by atoms with E-state index in [0.717, 1.165) is 5.56 Å². The molecule has 4 nitrogen and oxygen atoms in total. The van der Waals surface area contributed by atoms with Crippen molar-refractivity contribution in [3.8, 4) is 5.75 Å². The van der Waals surface area contributed by atoms with E-state index >= 15 is 0 Å². The fourth-order valence-electron chi connectivity index (χ4n) is 1.72. The van der Waals surface area contributed by atoms with Gasteiger partial charge in [0.25, 0.3) is 0 Å². The van der Waals surface area contributed by atoms with Crippen LogP contribution in [0.4, 0.5) is 0 Å². The molecule has 1 aromatic carbocycles. The molecule has 0 aliphatic heterocycles. The number of ether oxygens (including phenoxy) is 1. The number of hydrogen-bond acceptors (Lipinski definition) is 3. The lowest BCUT2D eigenvalue weighted by Crippen LogP contribution is -2.18. The molecule has 0 aliphatic carbocycles. The molecular weight excluding hydrogens is 238 g/mol. The van der Waals surface area contributed by atoms with E-state index in [4.69, 9.17) is 9.88 Å². The van der Waals surface area contributed by atoms with Crippen molar-refractivity contribution < 1.29 is 13.2 Å². The number of aryl methyl sites for hydroxylation is 1. The lowest BCUT2D eigenvalue weighted by Gasteiger charge is -2.23. The van der Waals surface area contributed by atoms with Gasteiger partial charge in [-0.25, -0.2) is 13.6 Å². The maximum atomic E-state index is 11.5. The fraction of sp³-hybridized carbons (Fsp3) is 0.500. The summed E-state index contributed by atoms with van der Waals surface area (Å²) in [5.41, 5.74) is 1.21. The maximum absolute atomic E-state index is 11.5. The summed E-state index contributed by atoms with van der Waals surface area (Å²) in [6, 6.07) is 3.31. The van der Waals surface area contributed by atoms with Crippen LogP contribution in [-0.4, -0.2) is 15.5 Å². The van der Waals surface area contributed by atoms with E-state index in [9.17, 15) is 8.42 Å². The highest BCUT2D eigenvalue weighted by Crippen LogP contribution is 2.34. The molecule has 0 unspecified atom stereocenters. The molecule has 1 aromatic rings. The Labute approximate surface area is 103 Å². The third-order valence-electron chi connectivity index (χ3n) is 2.61. The Balaban J connectivity index is 3.61. The Bertz CT molecular complexity index is 527. The topological polar surface area (TPSA) is 69.4 Å². The first kappa shape index (κ1) is 14.0. The summed E-state index contributed by atoms with van der Waals surface area (Å²) in [4.78, 5) is 0.156. The Hall–Kier alpha value is -1.07. The van der Waals surface area contributed by atoms with E-state index in [1.807, 2.05) is 20.8 Å². The SMILES string of the molecule is COc1cc(C)c(S(N)(=O)=O)cc1C(C)(C)C. The van der Waals surface area contributed by atoms with Gasteiger partial charge in [-0.05, 0) is 30.0 Å². The minimum Gasteiger partial charge on any atom is -0.496 e. The molecule has 17 heavy (non-hydrogen) atoms. The Morgan fingerprint density at radius 1 is 1.24 bits per heavy atom. The second-order valence-electron chi connectivity index (χ2n) is 5.11. The zero-order chi connectivity index (χ0) is 13.4. The second-order valence-corrected chi connectivity index (χ2v) is 6.64. The number of methoxy groups -OCH3 is 1. The molecule has 0 atom stereocenters. The van der Waals surface area contributed by atoms with Crippen LogP contribution in [0.3, 0.4) is 0 Å². The highest BCUT2D eigenvalue weighted by Gasteiger charge is 2.23. The van der Waals surface area contributed by atoms with Crippen molar-refractivity contribution in [2.45, 2.75) is 38.0 Å². The van der Waals surface area contributed by atoms with Gasteiger partial charge >= 0.3 is 0 Å². The molecule has 0 fully saturated rings. The summed E-state index contributed by atoms with van der Waals surface area (Å²) in [5, 5.41) is 5.19. The van der Waals surface area contributed by atoms with E-state index < -0.39 is 10.0 Å². The Morgan fingerprint density at radius 2 is 1.76 bits per heavy atom. The van der Waals surface area contributed by atoms with E-state index in [1.165, 1.54) is 0 Å². The van der Waals surface area contributed by atoms with Crippen molar-refractivity contribution in [2.24, 2.45) is 5.14 Å². The number of primary sulfonamides is 1. The zero-order valence-corrected chi connectivity index (χ0v) is 11.7. The monoisotopic (exact) mass is 257 g/mol. The predicted molar refractivity (Wildman–Crippen MR) is 67.8 cm³/mol. The van der Waals surface area contributed by atoms with Gasteiger partial charge in [0.05, 0.1) is 12.0 Å². The smallest absolute Gasteiger partial charge is 0.238 e. The largest absolute Gasteiger partial charge is 0.496 e. The predicted octanol–water partition coefficient (Wildman–Crippen LogP) is 1.95. The number of hydrogen-bond donors (Lipinski definition) is 1. The highest BCUT2D eigenvalue weighted by molar-refractivity contribution is 7.89. The van der Waals surface area contributed by atoms with Crippen molar-refractivity contribution in [1.82, 2.24) is 0 Å². The van der Waals surface area contributed by atoms with Crippen molar-refractivity contribution in [3.63, 3.8) is 0 Å². The molecule has 0 aromatic heterocycles. The van der Waals surface area contributed by atoms with E-state index in [0.29, 0.717) is 11.3 Å². The molecule has 1 rings (SSSR count). The molecule has 0 heterocycles. The Morgan fingerprint density at radius 3 is 2.12 bits per heavy atom. The molecule has 0 aliphatic rings. The minimum absolute atomic E-state index is 0.156. The molecule has 2 N–H and O–H groups in total. The molecule has 0 bridgehead atoms. The van der Waals surface area contributed by atoms with Gasteiger partial charge in [-0.15, -0.1) is 0 Å². The van der Waals surface area contributed by atoms with E-state index in [2.05, 4.69) is 0 Å². The number of rotatable bonds is 2. The van der Waals surface area contributed by atoms with E-state index in [-0.39, 0.29) is 10.3 Å². The molecular formula is C12H19NO3S. The van der Waals surface area contributed by atoms with Gasteiger partial charge in [0.2, 0.25) is 10.0 Å². The minimum atomic E-state index is -3.70. The lowest BCUT2D eigenvalue weighted by atomic mass is 9.86. The first-order valence-corrected chi connectivity index (χ1v) is 6.84. The summed E-state index contributed by atoms with van der Waals surface area (Å²) in [5.74, 6) is 0.683. The van der Waals surface area contributed by atoms with Crippen LogP contribution in [0.1, 0.15) is 31.9 Å². The molecule has 0 amide bonds. The summed E-state index contributed by atoms with van der Waals surface area (Å²) in [6.45, 7) is 7.68. The fourth-order valence-corrected chi connectivity index (χ4v) is 2.51. The molecule has 0 saturated carbocycles. The van der Waals surface area contributed by atoms with Gasteiger partial charge in [-0.1, -0.05) is 20.8 Å². The molecule has 0 radical (unpaired) electrons. The maximum Gasteiger partial charge on any atom is 0.238 e. The van der Waals surface area contributed by atoms with Crippen LogP contribution in [0.25, 0.3) is 0 Å². The summed E-state index contributed by atoms with van der Waals surface area (Å²) in [6.07, 6.45) is 0. The third kappa shape index (κ3) is 2.98. The average molecular weight is 257 g/mol. The standard InChI is InChI=1S/C12H19NO3S/c1-8-6-10(16-5)9(12(2,3)4)7-11(8)17(13,14)15/h6-7H,1-5H3,(H2,13,14,15). The van der Waals surface area contributed by atoms with Crippen molar-refractivity contribution in [2.75, 3.05) is 7.11 Å². The van der Waals surface area contributed by atoms with Gasteiger partial charge in [-0.3, -0.25) is 0 Å². The normalized spacial score (nSPS) is 12.6. The first-order chi connectivity index (χ1) is 7.57. The summed E-state index contributed by atoms with van der Waals surface area (Å²) < 4.78 is 28.2. The quantitative estimate of drug-likeness (QED) is 0.880. The van der Waals surface area contributed by atoms with Crippen LogP contribution >= 0.6 is 0 Å². The average Bonchev–Trinajstić information content (AvgIpc) is 2.13. The van der Waals surface area contributed by atoms with E-state index in [1.54, 1.807) is 26.2 Å². The number of sulfonamides is 1. The van der Waals surface area contributed by atoms with Crippen LogP contribution in [0, 0.1) is 6.92 Å². The van der Waals surface area contributed by atoms with Gasteiger partial charge in [0, 0.05) is 5.56 Å². The van der Waals surface area contributed by atoms with Crippen molar-refractivity contribution >= 4 is 10.0 Å². The molecule has 0 spiro atoms. The van der Waals surface area contributed by atoms with Crippen LogP contribution in [0.15, 0.2) is 17.0 Å². The summed E-state index contributed by atoms with van der Waals surface area (Å²) >= 11 is 0.